The van der Waals surface area contributed by atoms with E-state index < -0.39 is 0 Å². The fourth-order valence-corrected chi connectivity index (χ4v) is 2.74. The molecule has 20 heavy (non-hydrogen) atoms. The van der Waals surface area contributed by atoms with Crippen LogP contribution >= 0.6 is 0 Å². The summed E-state index contributed by atoms with van der Waals surface area (Å²) in [5, 5.41) is 0. The summed E-state index contributed by atoms with van der Waals surface area (Å²) in [6.45, 7) is 10.7. The molecule has 1 aliphatic rings. The van der Waals surface area contributed by atoms with Crippen LogP contribution in [0.3, 0.4) is 0 Å². The standard InChI is InChI=1S/C17H24N2O/c1-4-18(12-14(2)3)17(20)13-19-11-7-9-15-8-5-6-10-16(15)19/h5-6,8,10H,2,4,7,9,11-13H2,1,3H3. The Balaban J connectivity index is 2.07. The third-order valence-corrected chi connectivity index (χ3v) is 3.73. The van der Waals surface area contributed by atoms with Gasteiger partial charge in [0.15, 0.2) is 0 Å². The van der Waals surface area contributed by atoms with Crippen molar-refractivity contribution >= 4 is 11.6 Å². The van der Waals surface area contributed by atoms with Gasteiger partial charge in [-0.3, -0.25) is 4.79 Å². The van der Waals surface area contributed by atoms with E-state index in [0.29, 0.717) is 13.1 Å². The maximum Gasteiger partial charge on any atom is 0.242 e. The Bertz CT molecular complexity index is 496. The van der Waals surface area contributed by atoms with Crippen molar-refractivity contribution in [3.8, 4) is 0 Å². The summed E-state index contributed by atoms with van der Waals surface area (Å²) < 4.78 is 0. The van der Waals surface area contributed by atoms with E-state index in [-0.39, 0.29) is 5.91 Å². The summed E-state index contributed by atoms with van der Waals surface area (Å²) in [7, 11) is 0. The molecular weight excluding hydrogens is 248 g/mol. The lowest BCUT2D eigenvalue weighted by molar-refractivity contribution is -0.129. The third kappa shape index (κ3) is 3.41. The molecule has 0 radical (unpaired) electrons. The van der Waals surface area contributed by atoms with E-state index in [1.807, 2.05) is 24.8 Å². The fraction of sp³-hybridized carbons (Fsp3) is 0.471. The number of amides is 1. The van der Waals surface area contributed by atoms with E-state index >= 15 is 0 Å². The van der Waals surface area contributed by atoms with Crippen molar-refractivity contribution in [1.29, 1.82) is 0 Å². The topological polar surface area (TPSA) is 23.6 Å². The predicted octanol–water partition coefficient (Wildman–Crippen LogP) is 2.86. The number of benzene rings is 1. The number of carbonyl (C=O) groups excluding carboxylic acids is 1. The number of fused-ring (bicyclic) bond motifs is 1. The van der Waals surface area contributed by atoms with Gasteiger partial charge in [0.2, 0.25) is 5.91 Å². The van der Waals surface area contributed by atoms with Crippen LogP contribution in [-0.4, -0.2) is 37.0 Å². The molecule has 0 saturated heterocycles. The largest absolute Gasteiger partial charge is 0.362 e. The Morgan fingerprint density at radius 3 is 2.85 bits per heavy atom. The molecule has 0 aliphatic carbocycles. The lowest BCUT2D eigenvalue weighted by atomic mass is 10.0. The van der Waals surface area contributed by atoms with E-state index in [0.717, 1.165) is 31.5 Å². The monoisotopic (exact) mass is 272 g/mol. The predicted molar refractivity (Wildman–Crippen MR) is 84.0 cm³/mol. The summed E-state index contributed by atoms with van der Waals surface area (Å²) in [5.74, 6) is 0.187. The summed E-state index contributed by atoms with van der Waals surface area (Å²) in [6, 6.07) is 8.41. The van der Waals surface area contributed by atoms with Gasteiger partial charge < -0.3 is 9.80 Å². The summed E-state index contributed by atoms with van der Waals surface area (Å²) in [6.07, 6.45) is 2.24. The molecule has 0 aromatic heterocycles. The van der Waals surface area contributed by atoms with Crippen LogP contribution in [0.4, 0.5) is 5.69 Å². The number of hydrogen-bond acceptors (Lipinski definition) is 2. The van der Waals surface area contributed by atoms with Crippen LogP contribution in [0.25, 0.3) is 0 Å². The second kappa shape index (κ2) is 6.60. The number of carbonyl (C=O) groups is 1. The normalized spacial score (nSPS) is 13.8. The van der Waals surface area contributed by atoms with Crippen molar-refractivity contribution in [2.75, 3.05) is 31.1 Å². The van der Waals surface area contributed by atoms with Gasteiger partial charge in [0, 0.05) is 25.3 Å². The second-order valence-corrected chi connectivity index (χ2v) is 5.52. The third-order valence-electron chi connectivity index (χ3n) is 3.73. The Hall–Kier alpha value is -1.77. The number of anilines is 1. The zero-order valence-electron chi connectivity index (χ0n) is 12.6. The molecule has 0 unspecified atom stereocenters. The van der Waals surface area contributed by atoms with Gasteiger partial charge in [0.05, 0.1) is 6.54 Å². The van der Waals surface area contributed by atoms with Gasteiger partial charge >= 0.3 is 0 Å². The van der Waals surface area contributed by atoms with Gasteiger partial charge in [-0.1, -0.05) is 30.4 Å². The molecular formula is C17H24N2O. The quantitative estimate of drug-likeness (QED) is 0.770. The minimum atomic E-state index is 0.187. The Morgan fingerprint density at radius 1 is 1.40 bits per heavy atom. The number of aryl methyl sites for hydroxylation is 1. The minimum absolute atomic E-state index is 0.187. The molecule has 0 atom stereocenters. The molecule has 108 valence electrons. The lowest BCUT2D eigenvalue weighted by Crippen LogP contribution is -2.42. The molecule has 0 fully saturated rings. The number of likely N-dealkylation sites (N-methyl/N-ethyl adjacent to an activating group) is 1. The maximum absolute atomic E-state index is 12.4. The van der Waals surface area contributed by atoms with Crippen molar-refractivity contribution in [3.63, 3.8) is 0 Å². The van der Waals surface area contributed by atoms with Crippen molar-refractivity contribution in [2.45, 2.75) is 26.7 Å². The van der Waals surface area contributed by atoms with Crippen molar-refractivity contribution in [1.82, 2.24) is 4.90 Å². The second-order valence-electron chi connectivity index (χ2n) is 5.52. The van der Waals surface area contributed by atoms with E-state index in [1.165, 1.54) is 11.3 Å². The summed E-state index contributed by atoms with van der Waals surface area (Å²) in [4.78, 5) is 16.5. The summed E-state index contributed by atoms with van der Waals surface area (Å²) in [5.41, 5.74) is 3.60. The number of rotatable bonds is 5. The SMILES string of the molecule is C=C(C)CN(CC)C(=O)CN1CCCc2ccccc21. The van der Waals surface area contributed by atoms with Gasteiger partial charge in [-0.15, -0.1) is 0 Å². The number of para-hydroxylation sites is 1. The molecule has 0 N–H and O–H groups in total. The fourth-order valence-electron chi connectivity index (χ4n) is 2.74. The Morgan fingerprint density at radius 2 is 2.15 bits per heavy atom. The van der Waals surface area contributed by atoms with Crippen LogP contribution in [0.2, 0.25) is 0 Å². The molecule has 0 spiro atoms. The van der Waals surface area contributed by atoms with Crippen LogP contribution in [0, 0.1) is 0 Å². The first-order valence-electron chi connectivity index (χ1n) is 7.36. The lowest BCUT2D eigenvalue weighted by Gasteiger charge is -2.32. The first kappa shape index (κ1) is 14.6. The van der Waals surface area contributed by atoms with Crippen molar-refractivity contribution < 1.29 is 4.79 Å². The molecule has 3 nitrogen and oxygen atoms in total. The molecule has 1 amide bonds. The van der Waals surface area contributed by atoms with Gasteiger partial charge in [0.25, 0.3) is 0 Å². The van der Waals surface area contributed by atoms with E-state index in [2.05, 4.69) is 29.7 Å². The molecule has 1 heterocycles. The number of nitrogens with zero attached hydrogens (tertiary/aromatic N) is 2. The highest BCUT2D eigenvalue weighted by Crippen LogP contribution is 2.26. The van der Waals surface area contributed by atoms with Gasteiger partial charge in [0.1, 0.15) is 0 Å². The smallest absolute Gasteiger partial charge is 0.242 e. The zero-order valence-corrected chi connectivity index (χ0v) is 12.6. The average molecular weight is 272 g/mol. The van der Waals surface area contributed by atoms with E-state index in [4.69, 9.17) is 0 Å². The molecule has 1 aliphatic heterocycles. The summed E-state index contributed by atoms with van der Waals surface area (Å²) >= 11 is 0. The molecule has 2 rings (SSSR count). The Labute approximate surface area is 121 Å². The van der Waals surface area contributed by atoms with Gasteiger partial charge in [-0.2, -0.15) is 0 Å². The maximum atomic E-state index is 12.4. The average Bonchev–Trinajstić information content (AvgIpc) is 2.45. The highest BCUT2D eigenvalue weighted by molar-refractivity contribution is 5.82. The molecule has 0 saturated carbocycles. The van der Waals surface area contributed by atoms with Crippen LogP contribution in [-0.2, 0) is 11.2 Å². The van der Waals surface area contributed by atoms with Crippen LogP contribution in [0.15, 0.2) is 36.4 Å². The Kier molecular flexibility index (Phi) is 4.83. The van der Waals surface area contributed by atoms with Crippen molar-refractivity contribution in [3.05, 3.63) is 42.0 Å². The van der Waals surface area contributed by atoms with E-state index in [1.54, 1.807) is 0 Å². The van der Waals surface area contributed by atoms with Crippen molar-refractivity contribution in [2.24, 2.45) is 0 Å². The molecule has 0 bridgehead atoms. The highest BCUT2D eigenvalue weighted by Gasteiger charge is 2.21. The van der Waals surface area contributed by atoms with Crippen LogP contribution in [0.1, 0.15) is 25.8 Å². The van der Waals surface area contributed by atoms with Gasteiger partial charge in [-0.05, 0) is 38.3 Å². The first-order valence-corrected chi connectivity index (χ1v) is 7.36. The van der Waals surface area contributed by atoms with Crippen LogP contribution in [0.5, 0.6) is 0 Å². The first-order chi connectivity index (χ1) is 9.61. The van der Waals surface area contributed by atoms with Gasteiger partial charge in [-0.25, -0.2) is 0 Å². The highest BCUT2D eigenvalue weighted by atomic mass is 16.2. The van der Waals surface area contributed by atoms with Crippen LogP contribution < -0.4 is 4.90 Å². The molecule has 3 heteroatoms. The zero-order chi connectivity index (χ0) is 14.5. The number of hydrogen-bond donors (Lipinski definition) is 0. The minimum Gasteiger partial charge on any atom is -0.362 e. The van der Waals surface area contributed by atoms with E-state index in [9.17, 15) is 4.79 Å². The molecule has 1 aromatic carbocycles. The molecule has 1 aromatic rings.